The first kappa shape index (κ1) is 38.5. The standard InChI is InChI=1S/C41H62O9/c1-13-23(2)35(46)50-32-21-36(6,7)20-28-27-14-15-30-38(10)18-17-31(48-25(4)43)37(8,9)29(38)16-19-39(30,11)40(27,12)34(49-26(5)44)33(45)41(28,32)22-47-24(3)42/h13-14,28-34,45H,15-22H2,1-12H3/b23-13+/t28-,29-,30+,31-,32-,33+,34-,38-,39+,40-,41+/m0/s1. The van der Waals surface area contributed by atoms with Crippen molar-refractivity contribution in [2.75, 3.05) is 6.61 Å². The van der Waals surface area contributed by atoms with Gasteiger partial charge >= 0.3 is 23.9 Å². The van der Waals surface area contributed by atoms with E-state index in [0.29, 0.717) is 24.3 Å². The molecule has 0 aromatic rings. The third kappa shape index (κ3) is 5.67. The fourth-order valence-corrected chi connectivity index (χ4v) is 12.4. The van der Waals surface area contributed by atoms with Gasteiger partial charge in [-0.2, -0.15) is 0 Å². The van der Waals surface area contributed by atoms with Gasteiger partial charge in [0.25, 0.3) is 0 Å². The Morgan fingerprint density at radius 2 is 1.46 bits per heavy atom. The van der Waals surface area contributed by atoms with Gasteiger partial charge in [-0.05, 0) is 92.8 Å². The summed E-state index contributed by atoms with van der Waals surface area (Å²) in [5.74, 6) is -1.56. The van der Waals surface area contributed by atoms with Gasteiger partial charge in [0.15, 0.2) is 0 Å². The van der Waals surface area contributed by atoms with Crippen molar-refractivity contribution >= 4 is 23.9 Å². The molecule has 0 amide bonds. The van der Waals surface area contributed by atoms with Crippen LogP contribution in [0.3, 0.4) is 0 Å². The molecule has 1 N–H and O–H groups in total. The number of hydrogen-bond donors (Lipinski definition) is 1. The maximum absolute atomic E-state index is 13.5. The molecule has 4 fully saturated rings. The average Bonchev–Trinajstić information content (AvgIpc) is 2.99. The monoisotopic (exact) mass is 698 g/mol. The smallest absolute Gasteiger partial charge is 0.333 e. The molecule has 5 aliphatic rings. The van der Waals surface area contributed by atoms with Crippen LogP contribution in [0.1, 0.15) is 128 Å². The number of rotatable bonds is 6. The Hall–Kier alpha value is -2.68. The fourth-order valence-electron chi connectivity index (χ4n) is 12.4. The number of carbonyl (C=O) groups is 4. The van der Waals surface area contributed by atoms with E-state index >= 15 is 0 Å². The van der Waals surface area contributed by atoms with Crippen LogP contribution in [0.2, 0.25) is 0 Å². The van der Waals surface area contributed by atoms with E-state index in [1.807, 2.05) is 0 Å². The van der Waals surface area contributed by atoms with Crippen LogP contribution >= 0.6 is 0 Å². The Morgan fingerprint density at radius 3 is 2.04 bits per heavy atom. The lowest BCUT2D eigenvalue weighted by atomic mass is 9.32. The maximum Gasteiger partial charge on any atom is 0.333 e. The number of aliphatic hydroxyl groups is 1. The molecule has 0 radical (unpaired) electrons. The zero-order valence-corrected chi connectivity index (χ0v) is 32.6. The lowest BCUT2D eigenvalue weighted by Crippen LogP contribution is -2.75. The van der Waals surface area contributed by atoms with Crippen LogP contribution in [0.15, 0.2) is 23.3 Å². The van der Waals surface area contributed by atoms with E-state index in [1.165, 1.54) is 20.8 Å². The highest BCUT2D eigenvalue weighted by atomic mass is 16.6. The molecule has 0 spiro atoms. The molecule has 0 saturated heterocycles. The van der Waals surface area contributed by atoms with Crippen molar-refractivity contribution in [1.29, 1.82) is 0 Å². The molecule has 9 heteroatoms. The largest absolute Gasteiger partial charge is 0.465 e. The third-order valence-corrected chi connectivity index (χ3v) is 15.0. The Morgan fingerprint density at radius 1 is 0.820 bits per heavy atom. The topological polar surface area (TPSA) is 125 Å². The number of fused-ring (bicyclic) bond motifs is 7. The van der Waals surface area contributed by atoms with Crippen LogP contribution in [0.4, 0.5) is 0 Å². The van der Waals surface area contributed by atoms with Crippen LogP contribution in [0.25, 0.3) is 0 Å². The summed E-state index contributed by atoms with van der Waals surface area (Å²) >= 11 is 0. The van der Waals surface area contributed by atoms with Gasteiger partial charge in [0.05, 0.1) is 5.41 Å². The van der Waals surface area contributed by atoms with Crippen LogP contribution < -0.4 is 0 Å². The summed E-state index contributed by atoms with van der Waals surface area (Å²) in [4.78, 5) is 51.1. The number of esters is 4. The van der Waals surface area contributed by atoms with Gasteiger partial charge in [0.2, 0.25) is 0 Å². The van der Waals surface area contributed by atoms with Crippen molar-refractivity contribution in [3.05, 3.63) is 23.3 Å². The minimum atomic E-state index is -1.30. The summed E-state index contributed by atoms with van der Waals surface area (Å²) in [7, 11) is 0. The zero-order chi connectivity index (χ0) is 37.4. The number of carbonyl (C=O) groups excluding carboxylic acids is 4. The number of aliphatic hydroxyl groups excluding tert-OH is 1. The Kier molecular flexibility index (Phi) is 9.84. The van der Waals surface area contributed by atoms with Crippen molar-refractivity contribution in [2.24, 2.45) is 50.2 Å². The van der Waals surface area contributed by atoms with Crippen LogP contribution in [-0.4, -0.2) is 60.0 Å². The van der Waals surface area contributed by atoms with E-state index in [1.54, 1.807) is 19.9 Å². The van der Waals surface area contributed by atoms with Gasteiger partial charge in [-0.25, -0.2) is 4.79 Å². The summed E-state index contributed by atoms with van der Waals surface area (Å²) in [5, 5.41) is 13.0. The first-order valence-electron chi connectivity index (χ1n) is 18.7. The van der Waals surface area contributed by atoms with E-state index in [2.05, 4.69) is 54.5 Å². The molecule has 5 rings (SSSR count). The molecule has 280 valence electrons. The van der Waals surface area contributed by atoms with E-state index in [9.17, 15) is 24.3 Å². The molecular formula is C41H62O9. The van der Waals surface area contributed by atoms with Crippen molar-refractivity contribution in [3.63, 3.8) is 0 Å². The van der Waals surface area contributed by atoms with Crippen molar-refractivity contribution < 1.29 is 43.2 Å². The Bertz CT molecular complexity index is 1470. The fraction of sp³-hybridized carbons (Fsp3) is 0.805. The van der Waals surface area contributed by atoms with Crippen LogP contribution in [-0.2, 0) is 38.1 Å². The second-order valence-corrected chi connectivity index (χ2v) is 18.5. The normalized spacial score (nSPS) is 43.0. The van der Waals surface area contributed by atoms with Gasteiger partial charge in [-0.15, -0.1) is 0 Å². The molecule has 5 aliphatic carbocycles. The number of ether oxygens (including phenoxy) is 4. The van der Waals surface area contributed by atoms with Crippen molar-refractivity contribution in [2.45, 2.75) is 152 Å². The minimum absolute atomic E-state index is 0.107. The van der Waals surface area contributed by atoms with Gasteiger partial charge in [-0.1, -0.05) is 66.2 Å². The first-order chi connectivity index (χ1) is 23.0. The molecule has 4 saturated carbocycles. The SMILES string of the molecule is C/C=C(\C)C(=O)O[C@H]1CC(C)(C)C[C@H]2C3=CC[C@@H]4[C@@]5(C)CC[C@H](OC(C)=O)C(C)(C)[C@@H]5CC[C@@]4(C)[C@]3(C)[C@@H](OC(C)=O)[C@@H](O)[C@@]12COC(C)=O. The highest BCUT2D eigenvalue weighted by Crippen LogP contribution is 2.76. The molecule has 0 unspecified atom stereocenters. The van der Waals surface area contributed by atoms with Crippen LogP contribution in [0, 0.1) is 50.2 Å². The molecule has 0 heterocycles. The van der Waals surface area contributed by atoms with E-state index < -0.39 is 52.5 Å². The molecule has 0 aliphatic heterocycles. The quantitative estimate of drug-likeness (QED) is 0.132. The second kappa shape index (κ2) is 12.8. The van der Waals surface area contributed by atoms with E-state index in [4.69, 9.17) is 18.9 Å². The molecular weight excluding hydrogens is 636 g/mol. The third-order valence-electron chi connectivity index (χ3n) is 15.0. The zero-order valence-electron chi connectivity index (χ0n) is 32.6. The summed E-state index contributed by atoms with van der Waals surface area (Å²) in [5.41, 5.74) is -1.49. The summed E-state index contributed by atoms with van der Waals surface area (Å²) in [6.07, 6.45) is 6.12. The van der Waals surface area contributed by atoms with Gasteiger partial charge in [-0.3, -0.25) is 14.4 Å². The lowest BCUT2D eigenvalue weighted by Gasteiger charge is -2.73. The lowest BCUT2D eigenvalue weighted by molar-refractivity contribution is -0.279. The first-order valence-corrected chi connectivity index (χ1v) is 18.7. The summed E-state index contributed by atoms with van der Waals surface area (Å²) in [6.45, 7) is 23.2. The predicted molar refractivity (Wildman–Crippen MR) is 188 cm³/mol. The van der Waals surface area contributed by atoms with Gasteiger partial charge in [0, 0.05) is 37.2 Å². The van der Waals surface area contributed by atoms with Crippen molar-refractivity contribution in [1.82, 2.24) is 0 Å². The summed E-state index contributed by atoms with van der Waals surface area (Å²) < 4.78 is 24.4. The number of allylic oxidation sites excluding steroid dienone is 2. The number of hydrogen-bond acceptors (Lipinski definition) is 9. The Balaban J connectivity index is 1.71. The highest BCUT2D eigenvalue weighted by Gasteiger charge is 2.76. The highest BCUT2D eigenvalue weighted by molar-refractivity contribution is 5.87. The Labute approximate surface area is 299 Å². The molecule has 50 heavy (non-hydrogen) atoms. The van der Waals surface area contributed by atoms with Gasteiger partial charge < -0.3 is 24.1 Å². The predicted octanol–water partition coefficient (Wildman–Crippen LogP) is 7.28. The molecule has 9 nitrogen and oxygen atoms in total. The van der Waals surface area contributed by atoms with E-state index in [0.717, 1.165) is 37.7 Å². The average molecular weight is 699 g/mol. The minimum Gasteiger partial charge on any atom is -0.465 e. The summed E-state index contributed by atoms with van der Waals surface area (Å²) in [6, 6.07) is 0. The van der Waals surface area contributed by atoms with Gasteiger partial charge in [0.1, 0.15) is 31.0 Å². The van der Waals surface area contributed by atoms with E-state index in [-0.39, 0.29) is 46.8 Å². The molecule has 0 aromatic heterocycles. The van der Waals surface area contributed by atoms with Crippen molar-refractivity contribution in [3.8, 4) is 0 Å². The second-order valence-electron chi connectivity index (χ2n) is 18.5. The molecule has 0 aromatic carbocycles. The maximum atomic E-state index is 13.5. The molecule has 11 atom stereocenters. The van der Waals surface area contributed by atoms with Crippen LogP contribution in [0.5, 0.6) is 0 Å². The molecule has 0 bridgehead atoms.